The van der Waals surface area contributed by atoms with Crippen molar-refractivity contribution >= 4 is 22.7 Å². The molecular weight excluding hydrogens is 236 g/mol. The maximum absolute atomic E-state index is 5.94. The van der Waals surface area contributed by atoms with Crippen LogP contribution in [-0.2, 0) is 6.42 Å². The molecule has 0 aliphatic rings. The Balaban J connectivity index is 2.20. The van der Waals surface area contributed by atoms with Crippen LogP contribution in [0.15, 0.2) is 16.8 Å². The van der Waals surface area contributed by atoms with Gasteiger partial charge >= 0.3 is 0 Å². The van der Waals surface area contributed by atoms with E-state index in [1.165, 1.54) is 16.7 Å². The van der Waals surface area contributed by atoms with E-state index in [1.807, 2.05) is 0 Å². The first-order valence-corrected chi connectivity index (χ1v) is 7.26. The number of aryl methyl sites for hydroxylation is 2. The molecule has 0 bridgehead atoms. The summed E-state index contributed by atoms with van der Waals surface area (Å²) in [5.41, 5.74) is 4.00. The summed E-state index contributed by atoms with van der Waals surface area (Å²) in [6.45, 7) is 6.46. The van der Waals surface area contributed by atoms with Gasteiger partial charge in [-0.15, -0.1) is 22.7 Å². The van der Waals surface area contributed by atoms with Gasteiger partial charge in [0.25, 0.3) is 0 Å². The van der Waals surface area contributed by atoms with E-state index in [9.17, 15) is 0 Å². The minimum Gasteiger partial charge on any atom is -0.436 e. The number of ether oxygens (including phenoxy) is 1. The first-order valence-electron chi connectivity index (χ1n) is 5.50. The summed E-state index contributed by atoms with van der Waals surface area (Å²) in [6, 6.07) is 2.09. The van der Waals surface area contributed by atoms with Gasteiger partial charge in [-0.25, -0.2) is 0 Å². The molecule has 0 saturated carbocycles. The third-order valence-corrected chi connectivity index (χ3v) is 4.40. The second-order valence-electron chi connectivity index (χ2n) is 3.98. The van der Waals surface area contributed by atoms with Crippen LogP contribution in [0.5, 0.6) is 10.1 Å². The highest BCUT2D eigenvalue weighted by Gasteiger charge is 2.10. The highest BCUT2D eigenvalue weighted by molar-refractivity contribution is 7.13. The lowest BCUT2D eigenvalue weighted by Gasteiger charge is -2.04. The number of thiophene rings is 2. The molecule has 86 valence electrons. The second kappa shape index (κ2) is 5.02. The zero-order valence-electron chi connectivity index (χ0n) is 9.87. The van der Waals surface area contributed by atoms with Crippen LogP contribution < -0.4 is 4.74 Å². The largest absolute Gasteiger partial charge is 0.436 e. The molecule has 0 atom stereocenters. The summed E-state index contributed by atoms with van der Waals surface area (Å²) < 4.78 is 5.94. The minimum absolute atomic E-state index is 0.997. The van der Waals surface area contributed by atoms with Gasteiger partial charge in [0, 0.05) is 5.56 Å². The van der Waals surface area contributed by atoms with E-state index in [0.717, 1.165) is 23.0 Å². The molecule has 2 aromatic rings. The van der Waals surface area contributed by atoms with E-state index >= 15 is 0 Å². The van der Waals surface area contributed by atoms with Gasteiger partial charge in [0.15, 0.2) is 10.1 Å². The molecule has 0 saturated heterocycles. The monoisotopic (exact) mass is 252 g/mol. The molecule has 2 heterocycles. The van der Waals surface area contributed by atoms with E-state index in [2.05, 4.69) is 37.6 Å². The number of rotatable bonds is 4. The predicted molar refractivity (Wildman–Crippen MR) is 72.2 cm³/mol. The number of hydrogen-bond donors (Lipinski definition) is 0. The Kier molecular flexibility index (Phi) is 3.66. The summed E-state index contributed by atoms with van der Waals surface area (Å²) >= 11 is 3.37. The van der Waals surface area contributed by atoms with Crippen molar-refractivity contribution in [2.75, 3.05) is 0 Å². The highest BCUT2D eigenvalue weighted by atomic mass is 32.1. The summed E-state index contributed by atoms with van der Waals surface area (Å²) in [7, 11) is 0. The Labute approximate surface area is 105 Å². The van der Waals surface area contributed by atoms with E-state index in [4.69, 9.17) is 4.74 Å². The third-order valence-electron chi connectivity index (χ3n) is 2.46. The van der Waals surface area contributed by atoms with Gasteiger partial charge in [0.2, 0.25) is 0 Å². The Morgan fingerprint density at radius 2 is 2.00 bits per heavy atom. The van der Waals surface area contributed by atoms with Crippen molar-refractivity contribution < 1.29 is 4.74 Å². The van der Waals surface area contributed by atoms with Crippen LogP contribution in [0.1, 0.15) is 30.0 Å². The smallest absolute Gasteiger partial charge is 0.185 e. The van der Waals surface area contributed by atoms with Crippen LogP contribution in [0, 0.1) is 13.8 Å². The lowest BCUT2D eigenvalue weighted by Crippen LogP contribution is -1.87. The van der Waals surface area contributed by atoms with Gasteiger partial charge in [-0.2, -0.15) is 0 Å². The molecule has 0 unspecified atom stereocenters. The fourth-order valence-corrected chi connectivity index (χ4v) is 3.41. The van der Waals surface area contributed by atoms with Crippen molar-refractivity contribution in [3.8, 4) is 10.1 Å². The van der Waals surface area contributed by atoms with E-state index in [1.54, 1.807) is 22.7 Å². The zero-order chi connectivity index (χ0) is 11.5. The minimum atomic E-state index is 0.997. The van der Waals surface area contributed by atoms with Gasteiger partial charge < -0.3 is 4.74 Å². The zero-order valence-corrected chi connectivity index (χ0v) is 11.5. The fourth-order valence-electron chi connectivity index (χ4n) is 1.63. The lowest BCUT2D eigenvalue weighted by molar-refractivity contribution is 0.503. The van der Waals surface area contributed by atoms with Crippen LogP contribution in [0.3, 0.4) is 0 Å². The average molecular weight is 252 g/mol. The van der Waals surface area contributed by atoms with Gasteiger partial charge in [-0.1, -0.05) is 13.3 Å². The summed E-state index contributed by atoms with van der Waals surface area (Å²) in [5, 5.41) is 6.37. The fraction of sp³-hybridized carbons (Fsp3) is 0.385. The van der Waals surface area contributed by atoms with Crippen LogP contribution in [0.25, 0.3) is 0 Å². The first-order chi connectivity index (χ1) is 7.70. The van der Waals surface area contributed by atoms with Crippen molar-refractivity contribution in [2.24, 2.45) is 0 Å². The van der Waals surface area contributed by atoms with Crippen molar-refractivity contribution in [1.29, 1.82) is 0 Å². The summed E-state index contributed by atoms with van der Waals surface area (Å²) in [6.07, 6.45) is 2.27. The van der Waals surface area contributed by atoms with Gasteiger partial charge in [0.05, 0.1) is 0 Å². The maximum Gasteiger partial charge on any atom is 0.185 e. The molecule has 0 spiro atoms. The molecule has 0 N–H and O–H groups in total. The molecule has 0 aliphatic heterocycles. The molecule has 16 heavy (non-hydrogen) atoms. The Bertz CT molecular complexity index is 468. The van der Waals surface area contributed by atoms with Crippen molar-refractivity contribution in [2.45, 2.75) is 33.6 Å². The molecular formula is C13H16OS2. The molecule has 0 aromatic carbocycles. The predicted octanol–water partition coefficient (Wildman–Crippen LogP) is 5.17. The summed E-state index contributed by atoms with van der Waals surface area (Å²) in [4.78, 5) is 0. The van der Waals surface area contributed by atoms with E-state index in [-0.39, 0.29) is 0 Å². The Morgan fingerprint density at radius 1 is 1.19 bits per heavy atom. The molecule has 2 rings (SSSR count). The normalized spacial score (nSPS) is 10.7. The lowest BCUT2D eigenvalue weighted by atomic mass is 10.1. The highest BCUT2D eigenvalue weighted by Crippen LogP contribution is 2.37. The van der Waals surface area contributed by atoms with Gasteiger partial charge in [0.1, 0.15) is 0 Å². The maximum atomic E-state index is 5.94. The molecule has 0 aliphatic carbocycles. The Hall–Kier alpha value is -0.800. The molecule has 0 radical (unpaired) electrons. The number of hydrogen-bond acceptors (Lipinski definition) is 3. The molecule has 1 nitrogen and oxygen atoms in total. The van der Waals surface area contributed by atoms with Crippen LogP contribution in [-0.4, -0.2) is 0 Å². The molecule has 0 amide bonds. The molecule has 2 aromatic heterocycles. The van der Waals surface area contributed by atoms with Crippen molar-refractivity contribution in [3.63, 3.8) is 0 Å². The third kappa shape index (κ3) is 2.47. The van der Waals surface area contributed by atoms with Crippen molar-refractivity contribution in [1.82, 2.24) is 0 Å². The molecule has 3 heteroatoms. The van der Waals surface area contributed by atoms with Crippen LogP contribution in [0.2, 0.25) is 0 Å². The SMILES string of the molecule is CCCc1c(C)csc1Oc1cc(C)cs1. The van der Waals surface area contributed by atoms with E-state index in [0.29, 0.717) is 0 Å². The van der Waals surface area contributed by atoms with Crippen molar-refractivity contribution in [3.05, 3.63) is 33.5 Å². The standard InChI is InChI=1S/C13H16OS2/c1-4-5-11-10(3)8-16-13(11)14-12-6-9(2)7-15-12/h6-8H,4-5H2,1-3H3. The van der Waals surface area contributed by atoms with E-state index < -0.39 is 0 Å². The van der Waals surface area contributed by atoms with Crippen LogP contribution >= 0.6 is 22.7 Å². The van der Waals surface area contributed by atoms with Crippen LogP contribution in [0.4, 0.5) is 0 Å². The van der Waals surface area contributed by atoms with Gasteiger partial charge in [-0.05, 0) is 48.2 Å². The van der Waals surface area contributed by atoms with Gasteiger partial charge in [-0.3, -0.25) is 0 Å². The first kappa shape index (κ1) is 11.7. The quantitative estimate of drug-likeness (QED) is 0.729. The Morgan fingerprint density at radius 3 is 2.62 bits per heavy atom. The summed E-state index contributed by atoms with van der Waals surface area (Å²) in [5.74, 6) is 0. The second-order valence-corrected chi connectivity index (χ2v) is 5.70. The average Bonchev–Trinajstić information content (AvgIpc) is 2.79. The topological polar surface area (TPSA) is 9.23 Å². The molecule has 0 fully saturated rings.